The van der Waals surface area contributed by atoms with E-state index in [4.69, 9.17) is 4.74 Å². The van der Waals surface area contributed by atoms with Gasteiger partial charge in [-0.1, -0.05) is 76.9 Å². The molecule has 0 N–H and O–H groups in total. The highest BCUT2D eigenvalue weighted by molar-refractivity contribution is 6.18. The first-order chi connectivity index (χ1) is 13.2. The minimum absolute atomic E-state index is 0.0917. The highest BCUT2D eigenvalue weighted by Crippen LogP contribution is 2.16. The van der Waals surface area contributed by atoms with Crippen molar-refractivity contribution in [2.75, 3.05) is 7.11 Å². The second-order valence-corrected chi connectivity index (χ2v) is 7.51. The lowest BCUT2D eigenvalue weighted by atomic mass is 10.0. The Labute approximate surface area is 165 Å². The summed E-state index contributed by atoms with van der Waals surface area (Å²) < 4.78 is 5.61. The zero-order valence-electron chi connectivity index (χ0n) is 17.4. The summed E-state index contributed by atoms with van der Waals surface area (Å²) in [6.07, 6.45) is 24.4. The molecule has 1 atom stereocenters. The number of carbonyl (C=O) groups is 2. The predicted octanol–water partition coefficient (Wildman–Crippen LogP) is 6.28. The standard InChI is InChI=1S/C24H38O3/c1-3-4-5-6-7-8-9-10-13-16-23(27-2)17-14-11-12-15-21-20-22(25)18-19-24(21)26/h12,15,18-20,23H,3-11,13-14,16-17H2,1-2H3. The van der Waals surface area contributed by atoms with Gasteiger partial charge in [0.25, 0.3) is 0 Å². The fraction of sp³-hybridized carbons (Fsp3) is 0.667. The van der Waals surface area contributed by atoms with E-state index in [1.54, 1.807) is 13.2 Å². The van der Waals surface area contributed by atoms with Gasteiger partial charge in [0.15, 0.2) is 11.6 Å². The van der Waals surface area contributed by atoms with Gasteiger partial charge in [-0.25, -0.2) is 0 Å². The Bertz CT molecular complexity index is 514. The van der Waals surface area contributed by atoms with E-state index in [2.05, 4.69) is 6.92 Å². The largest absolute Gasteiger partial charge is 0.381 e. The molecule has 0 amide bonds. The molecule has 3 heteroatoms. The molecule has 0 heterocycles. The van der Waals surface area contributed by atoms with Crippen LogP contribution in [0.15, 0.2) is 36.0 Å². The van der Waals surface area contributed by atoms with Crippen molar-refractivity contribution in [2.45, 2.75) is 96.5 Å². The molecule has 0 fully saturated rings. The van der Waals surface area contributed by atoms with Crippen molar-refractivity contribution in [2.24, 2.45) is 0 Å². The quantitative estimate of drug-likeness (QED) is 0.236. The van der Waals surface area contributed by atoms with Gasteiger partial charge in [0.1, 0.15) is 0 Å². The van der Waals surface area contributed by atoms with Gasteiger partial charge >= 0.3 is 0 Å². The number of carbonyl (C=O) groups excluding carboxylic acids is 2. The molecule has 27 heavy (non-hydrogen) atoms. The molecule has 1 rings (SSSR count). The van der Waals surface area contributed by atoms with Gasteiger partial charge in [-0.05, 0) is 43.9 Å². The van der Waals surface area contributed by atoms with E-state index in [-0.39, 0.29) is 11.6 Å². The molecule has 1 aliphatic carbocycles. The SMILES string of the molecule is CCCCCCCCCCCC(CCCC=CC1=CC(=O)C=CC1=O)OC. The highest BCUT2D eigenvalue weighted by Gasteiger charge is 2.10. The fourth-order valence-electron chi connectivity index (χ4n) is 3.39. The monoisotopic (exact) mass is 374 g/mol. The van der Waals surface area contributed by atoms with Gasteiger partial charge < -0.3 is 4.74 Å². The van der Waals surface area contributed by atoms with Crippen LogP contribution in [0.3, 0.4) is 0 Å². The van der Waals surface area contributed by atoms with Gasteiger partial charge in [0.05, 0.1) is 6.10 Å². The van der Waals surface area contributed by atoms with Crippen molar-refractivity contribution in [3.05, 3.63) is 36.0 Å². The lowest BCUT2D eigenvalue weighted by Gasteiger charge is -2.14. The second kappa shape index (κ2) is 15.6. The minimum Gasteiger partial charge on any atom is -0.381 e. The lowest BCUT2D eigenvalue weighted by Crippen LogP contribution is -2.10. The molecule has 0 saturated heterocycles. The van der Waals surface area contributed by atoms with Crippen LogP contribution in [0.25, 0.3) is 0 Å². The average Bonchev–Trinajstić information content (AvgIpc) is 2.67. The molecule has 1 aliphatic rings. The number of ether oxygens (including phenoxy) is 1. The molecular weight excluding hydrogens is 336 g/mol. The summed E-state index contributed by atoms with van der Waals surface area (Å²) in [5.41, 5.74) is 0.487. The van der Waals surface area contributed by atoms with Crippen molar-refractivity contribution < 1.29 is 14.3 Å². The first kappa shape index (κ1) is 23.6. The third-order valence-corrected chi connectivity index (χ3v) is 5.14. The Morgan fingerprint density at radius 2 is 1.52 bits per heavy atom. The molecule has 1 unspecified atom stereocenters. The Morgan fingerprint density at radius 3 is 2.19 bits per heavy atom. The van der Waals surface area contributed by atoms with Gasteiger partial charge in [-0.3, -0.25) is 9.59 Å². The smallest absolute Gasteiger partial charge is 0.186 e. The van der Waals surface area contributed by atoms with E-state index in [9.17, 15) is 9.59 Å². The van der Waals surface area contributed by atoms with Crippen molar-refractivity contribution in [1.82, 2.24) is 0 Å². The van der Waals surface area contributed by atoms with Crippen LogP contribution in [0.2, 0.25) is 0 Å². The zero-order valence-corrected chi connectivity index (χ0v) is 17.4. The molecule has 3 nitrogen and oxygen atoms in total. The summed E-state index contributed by atoms with van der Waals surface area (Å²) in [5.74, 6) is -0.208. The lowest BCUT2D eigenvalue weighted by molar-refractivity contribution is -0.114. The average molecular weight is 375 g/mol. The van der Waals surface area contributed by atoms with Crippen molar-refractivity contribution in [3.8, 4) is 0 Å². The van der Waals surface area contributed by atoms with E-state index < -0.39 is 0 Å². The van der Waals surface area contributed by atoms with E-state index in [0.29, 0.717) is 11.7 Å². The van der Waals surface area contributed by atoms with Crippen LogP contribution in [0.1, 0.15) is 90.4 Å². The Balaban J connectivity index is 2.05. The second-order valence-electron chi connectivity index (χ2n) is 7.51. The van der Waals surface area contributed by atoms with Crippen LogP contribution in [0.4, 0.5) is 0 Å². The van der Waals surface area contributed by atoms with Crippen molar-refractivity contribution in [3.63, 3.8) is 0 Å². The molecular formula is C24H38O3. The topological polar surface area (TPSA) is 43.4 Å². The van der Waals surface area contributed by atoms with Crippen LogP contribution in [0, 0.1) is 0 Å². The van der Waals surface area contributed by atoms with E-state index in [0.717, 1.165) is 25.7 Å². The van der Waals surface area contributed by atoms with Gasteiger partial charge in [0.2, 0.25) is 0 Å². The van der Waals surface area contributed by atoms with Crippen LogP contribution >= 0.6 is 0 Å². The third kappa shape index (κ3) is 11.8. The van der Waals surface area contributed by atoms with E-state index in [1.807, 2.05) is 6.08 Å². The number of hydrogen-bond acceptors (Lipinski definition) is 3. The molecule has 0 bridgehead atoms. The number of ketones is 2. The summed E-state index contributed by atoms with van der Waals surface area (Å²) in [5, 5.41) is 0. The zero-order chi connectivity index (χ0) is 19.7. The maximum Gasteiger partial charge on any atom is 0.186 e. The normalized spacial score (nSPS) is 15.6. The molecule has 0 aromatic carbocycles. The first-order valence-corrected chi connectivity index (χ1v) is 10.8. The van der Waals surface area contributed by atoms with Gasteiger partial charge in [-0.15, -0.1) is 0 Å². The molecule has 0 aliphatic heterocycles. The number of rotatable bonds is 16. The summed E-state index contributed by atoms with van der Waals surface area (Å²) >= 11 is 0. The maximum atomic E-state index is 11.6. The van der Waals surface area contributed by atoms with Crippen molar-refractivity contribution >= 4 is 11.6 Å². The first-order valence-electron chi connectivity index (χ1n) is 10.8. The Hall–Kier alpha value is -1.48. The molecule has 0 saturated carbocycles. The van der Waals surface area contributed by atoms with Crippen LogP contribution < -0.4 is 0 Å². The summed E-state index contributed by atoms with van der Waals surface area (Å²) in [6, 6.07) is 0. The maximum absolute atomic E-state index is 11.6. The third-order valence-electron chi connectivity index (χ3n) is 5.14. The number of methoxy groups -OCH3 is 1. The fourth-order valence-corrected chi connectivity index (χ4v) is 3.39. The molecule has 0 aromatic heterocycles. The Morgan fingerprint density at radius 1 is 0.889 bits per heavy atom. The Kier molecular flexibility index (Phi) is 13.6. The molecule has 0 spiro atoms. The number of allylic oxidation sites excluding steroid dienone is 6. The number of hydrogen-bond donors (Lipinski definition) is 0. The van der Waals surface area contributed by atoms with Gasteiger partial charge in [-0.2, -0.15) is 0 Å². The van der Waals surface area contributed by atoms with Crippen LogP contribution in [0.5, 0.6) is 0 Å². The summed E-state index contributed by atoms with van der Waals surface area (Å²) in [6.45, 7) is 2.26. The van der Waals surface area contributed by atoms with E-state index >= 15 is 0 Å². The minimum atomic E-state index is -0.116. The highest BCUT2D eigenvalue weighted by atomic mass is 16.5. The summed E-state index contributed by atoms with van der Waals surface area (Å²) in [7, 11) is 1.80. The van der Waals surface area contributed by atoms with Crippen molar-refractivity contribution in [1.29, 1.82) is 0 Å². The molecule has 152 valence electrons. The van der Waals surface area contributed by atoms with Gasteiger partial charge in [0, 0.05) is 12.7 Å². The summed E-state index contributed by atoms with van der Waals surface area (Å²) in [4.78, 5) is 22.9. The number of unbranched alkanes of at least 4 members (excludes halogenated alkanes) is 9. The van der Waals surface area contributed by atoms with Crippen LogP contribution in [-0.4, -0.2) is 24.8 Å². The molecule has 0 aromatic rings. The predicted molar refractivity (Wildman–Crippen MR) is 113 cm³/mol. The molecule has 0 radical (unpaired) electrons. The van der Waals surface area contributed by atoms with E-state index in [1.165, 1.54) is 76.0 Å². The van der Waals surface area contributed by atoms with Crippen LogP contribution in [-0.2, 0) is 14.3 Å².